The van der Waals surface area contributed by atoms with Crippen molar-refractivity contribution in [3.8, 4) is 0 Å². The lowest BCUT2D eigenvalue weighted by Gasteiger charge is -2.23. The Labute approximate surface area is 91.7 Å². The monoisotopic (exact) mass is 201 g/mol. The Morgan fingerprint density at radius 3 is 2.73 bits per heavy atom. The highest BCUT2D eigenvalue weighted by Gasteiger charge is 2.40. The minimum atomic E-state index is 0.767. The molecular formula is C14H19N. The molecule has 2 bridgehead atoms. The van der Waals surface area contributed by atoms with Gasteiger partial charge in [0.2, 0.25) is 0 Å². The molecule has 3 unspecified atom stereocenters. The van der Waals surface area contributed by atoms with E-state index in [1.165, 1.54) is 36.8 Å². The molecule has 2 aliphatic rings. The first kappa shape index (κ1) is 9.26. The average Bonchev–Trinajstić information content (AvgIpc) is 2.83. The molecule has 2 aliphatic carbocycles. The van der Waals surface area contributed by atoms with E-state index in [-0.39, 0.29) is 0 Å². The molecule has 0 spiro atoms. The second-order valence-electron chi connectivity index (χ2n) is 5.41. The maximum Gasteiger partial charge on any atom is 0.0349 e. The summed E-state index contributed by atoms with van der Waals surface area (Å²) in [5.74, 6) is 2.70. The van der Waals surface area contributed by atoms with Gasteiger partial charge in [-0.25, -0.2) is 0 Å². The molecule has 15 heavy (non-hydrogen) atoms. The lowest BCUT2D eigenvalue weighted by molar-refractivity contribution is 0.421. The van der Waals surface area contributed by atoms with Gasteiger partial charge in [-0.05, 0) is 55.6 Å². The Bertz CT molecular complexity index is 383. The van der Waals surface area contributed by atoms with Gasteiger partial charge >= 0.3 is 0 Å². The molecule has 2 fully saturated rings. The molecule has 3 rings (SSSR count). The summed E-state index contributed by atoms with van der Waals surface area (Å²) in [7, 11) is 0. The Morgan fingerprint density at radius 1 is 1.20 bits per heavy atom. The minimum absolute atomic E-state index is 0.767. The molecule has 0 aliphatic heterocycles. The van der Waals surface area contributed by atoms with Crippen molar-refractivity contribution < 1.29 is 0 Å². The van der Waals surface area contributed by atoms with Gasteiger partial charge in [0.15, 0.2) is 0 Å². The minimum Gasteiger partial charge on any atom is -0.398 e. The summed E-state index contributed by atoms with van der Waals surface area (Å²) in [6.07, 6.45) is 5.74. The number of hydrogen-bond donors (Lipinski definition) is 1. The highest BCUT2D eigenvalue weighted by atomic mass is 14.6. The summed E-state index contributed by atoms with van der Waals surface area (Å²) in [5.41, 5.74) is 9.89. The van der Waals surface area contributed by atoms with Crippen molar-refractivity contribution in [3.05, 3.63) is 29.3 Å². The van der Waals surface area contributed by atoms with Crippen LogP contribution in [0.4, 0.5) is 5.69 Å². The molecule has 1 nitrogen and oxygen atoms in total. The number of aryl methyl sites for hydroxylation is 1. The van der Waals surface area contributed by atoms with Crippen molar-refractivity contribution in [1.29, 1.82) is 0 Å². The largest absolute Gasteiger partial charge is 0.398 e. The summed E-state index contributed by atoms with van der Waals surface area (Å²) < 4.78 is 0. The Morgan fingerprint density at radius 2 is 2.07 bits per heavy atom. The van der Waals surface area contributed by atoms with E-state index in [9.17, 15) is 0 Å². The predicted molar refractivity (Wildman–Crippen MR) is 63.8 cm³/mol. The number of nitrogen functional groups attached to an aromatic ring is 1. The quantitative estimate of drug-likeness (QED) is 0.692. The van der Waals surface area contributed by atoms with E-state index in [1.54, 1.807) is 0 Å². The topological polar surface area (TPSA) is 26.0 Å². The molecule has 1 aromatic carbocycles. The summed E-state index contributed by atoms with van der Waals surface area (Å²) >= 11 is 0. The average molecular weight is 201 g/mol. The van der Waals surface area contributed by atoms with Crippen LogP contribution in [0.2, 0.25) is 0 Å². The molecule has 0 radical (unpaired) electrons. The highest BCUT2D eigenvalue weighted by molar-refractivity contribution is 5.51. The van der Waals surface area contributed by atoms with Crippen LogP contribution in [-0.2, 0) is 0 Å². The van der Waals surface area contributed by atoms with Crippen LogP contribution in [0.15, 0.2) is 18.2 Å². The molecule has 1 heteroatoms. The number of rotatable bonds is 1. The van der Waals surface area contributed by atoms with Crippen molar-refractivity contribution in [1.82, 2.24) is 0 Å². The summed E-state index contributed by atoms with van der Waals surface area (Å²) in [6, 6.07) is 6.50. The second kappa shape index (κ2) is 3.26. The molecule has 0 amide bonds. The van der Waals surface area contributed by atoms with E-state index in [0.29, 0.717) is 0 Å². The normalized spacial score (nSPS) is 33.5. The fourth-order valence-corrected chi connectivity index (χ4v) is 3.64. The zero-order valence-electron chi connectivity index (χ0n) is 9.37. The first-order valence-corrected chi connectivity index (χ1v) is 6.10. The van der Waals surface area contributed by atoms with Gasteiger partial charge in [-0.15, -0.1) is 0 Å². The van der Waals surface area contributed by atoms with Crippen molar-refractivity contribution >= 4 is 5.69 Å². The maximum absolute atomic E-state index is 6.10. The molecule has 0 aromatic heterocycles. The molecule has 1 aromatic rings. The van der Waals surface area contributed by atoms with Crippen molar-refractivity contribution in [2.45, 2.75) is 38.5 Å². The molecular weight excluding hydrogens is 182 g/mol. The Balaban J connectivity index is 1.96. The Kier molecular flexibility index (Phi) is 2.01. The van der Waals surface area contributed by atoms with Crippen LogP contribution in [0.3, 0.4) is 0 Å². The van der Waals surface area contributed by atoms with E-state index in [1.807, 2.05) is 0 Å². The number of hydrogen-bond acceptors (Lipinski definition) is 1. The molecule has 3 atom stereocenters. The first-order chi connectivity index (χ1) is 7.24. The summed E-state index contributed by atoms with van der Waals surface area (Å²) in [5, 5.41) is 0. The molecule has 2 saturated carbocycles. The number of fused-ring (bicyclic) bond motifs is 2. The lowest BCUT2D eigenvalue weighted by atomic mass is 9.82. The SMILES string of the molecule is Cc1ccc(N)c(C2CC3CCC2C3)c1. The third-order valence-corrected chi connectivity index (χ3v) is 4.38. The van der Waals surface area contributed by atoms with E-state index >= 15 is 0 Å². The molecule has 0 saturated heterocycles. The number of benzene rings is 1. The van der Waals surface area contributed by atoms with Crippen molar-refractivity contribution in [2.75, 3.05) is 5.73 Å². The lowest BCUT2D eigenvalue weighted by Crippen LogP contribution is -2.10. The number of nitrogens with two attached hydrogens (primary N) is 1. The first-order valence-electron chi connectivity index (χ1n) is 6.10. The maximum atomic E-state index is 6.10. The molecule has 80 valence electrons. The van der Waals surface area contributed by atoms with E-state index in [2.05, 4.69) is 25.1 Å². The van der Waals surface area contributed by atoms with Crippen molar-refractivity contribution in [2.24, 2.45) is 11.8 Å². The van der Waals surface area contributed by atoms with Gasteiger partial charge in [-0.3, -0.25) is 0 Å². The molecule has 0 heterocycles. The van der Waals surface area contributed by atoms with Crippen molar-refractivity contribution in [3.63, 3.8) is 0 Å². The van der Waals surface area contributed by atoms with E-state index in [0.717, 1.165) is 23.4 Å². The highest BCUT2D eigenvalue weighted by Crippen LogP contribution is 2.53. The number of anilines is 1. The molecule has 2 N–H and O–H groups in total. The summed E-state index contributed by atoms with van der Waals surface area (Å²) in [6.45, 7) is 2.16. The van der Waals surface area contributed by atoms with Gasteiger partial charge in [-0.1, -0.05) is 24.1 Å². The van der Waals surface area contributed by atoms with Gasteiger partial charge in [0.1, 0.15) is 0 Å². The summed E-state index contributed by atoms with van der Waals surface area (Å²) in [4.78, 5) is 0. The van der Waals surface area contributed by atoms with Gasteiger partial charge in [0.25, 0.3) is 0 Å². The van der Waals surface area contributed by atoms with Crippen LogP contribution in [-0.4, -0.2) is 0 Å². The van der Waals surface area contributed by atoms with Gasteiger partial charge < -0.3 is 5.73 Å². The van der Waals surface area contributed by atoms with Gasteiger partial charge in [0, 0.05) is 5.69 Å². The fraction of sp³-hybridized carbons (Fsp3) is 0.571. The van der Waals surface area contributed by atoms with Crippen LogP contribution in [0.5, 0.6) is 0 Å². The van der Waals surface area contributed by atoms with Crippen LogP contribution >= 0.6 is 0 Å². The standard InChI is InChI=1S/C14H19N/c1-9-2-5-14(15)13(6-9)12-8-10-3-4-11(12)7-10/h2,5-6,10-12H,3-4,7-8,15H2,1H3. The zero-order chi connectivity index (χ0) is 10.4. The second-order valence-corrected chi connectivity index (χ2v) is 5.41. The van der Waals surface area contributed by atoms with Crippen LogP contribution in [0.1, 0.15) is 42.7 Å². The zero-order valence-corrected chi connectivity index (χ0v) is 9.37. The van der Waals surface area contributed by atoms with Crippen LogP contribution < -0.4 is 5.73 Å². The van der Waals surface area contributed by atoms with Crippen LogP contribution in [0.25, 0.3) is 0 Å². The van der Waals surface area contributed by atoms with Crippen LogP contribution in [0, 0.1) is 18.8 Å². The van der Waals surface area contributed by atoms with E-state index in [4.69, 9.17) is 5.73 Å². The fourth-order valence-electron chi connectivity index (χ4n) is 3.64. The third-order valence-electron chi connectivity index (χ3n) is 4.38. The Hall–Kier alpha value is -0.980. The van der Waals surface area contributed by atoms with E-state index < -0.39 is 0 Å². The van der Waals surface area contributed by atoms with Gasteiger partial charge in [-0.2, -0.15) is 0 Å². The van der Waals surface area contributed by atoms with Gasteiger partial charge in [0.05, 0.1) is 0 Å². The smallest absolute Gasteiger partial charge is 0.0349 e. The third kappa shape index (κ3) is 1.45. The predicted octanol–water partition coefficient (Wildman–Crippen LogP) is 3.48.